The fraction of sp³-hybridized carbons (Fsp3) is 0. The Morgan fingerprint density at radius 3 is 3.11 bits per heavy atom. The second-order valence-corrected chi connectivity index (χ2v) is 1.79. The van der Waals surface area contributed by atoms with Gasteiger partial charge in [0.1, 0.15) is 0 Å². The second-order valence-electron chi connectivity index (χ2n) is 1.23. The number of hydrogen-bond acceptors (Lipinski definition) is 4. The molecule has 9 heavy (non-hydrogen) atoms. The molecule has 0 atom stereocenters. The number of amides is 1. The van der Waals surface area contributed by atoms with Gasteiger partial charge in [0.25, 0.3) is 5.91 Å². The Hall–Kier alpha value is -1.01. The maximum absolute atomic E-state index is 10.4. The quantitative estimate of drug-likeness (QED) is 0.524. The molecule has 1 rings (SSSR count). The summed E-state index contributed by atoms with van der Waals surface area (Å²) in [4.78, 5) is 10.4. The van der Waals surface area contributed by atoms with Crippen molar-refractivity contribution in [3.63, 3.8) is 0 Å². The van der Waals surface area contributed by atoms with Crippen LogP contribution in [0.3, 0.4) is 0 Å². The minimum atomic E-state index is -0.635. The molecule has 1 heterocycles. The van der Waals surface area contributed by atoms with Gasteiger partial charge in [-0.1, -0.05) is 0 Å². The fourth-order valence-electron chi connectivity index (χ4n) is 0.322. The minimum absolute atomic E-state index is 0.127. The normalized spacial score (nSPS) is 9.00. The molecule has 0 bridgehead atoms. The zero-order valence-electron chi connectivity index (χ0n) is 4.24. The molecule has 5 nitrogen and oxygen atoms in total. The predicted molar refractivity (Wildman–Crippen MR) is 29.5 cm³/mol. The molecule has 0 saturated heterocycles. The molecule has 1 amide bonds. The molecule has 0 spiro atoms. The smallest absolute Gasteiger partial charge is 0.266 e. The Kier molecular flexibility index (Phi) is 1.71. The van der Waals surface area contributed by atoms with Gasteiger partial charge in [0.15, 0.2) is 5.69 Å². The van der Waals surface area contributed by atoms with Crippen LogP contribution in [0.25, 0.3) is 0 Å². The number of hydrogen-bond donors (Lipinski definition) is 1. The second kappa shape index (κ2) is 2.51. The van der Waals surface area contributed by atoms with Crippen LogP contribution in [0, 0.1) is 0 Å². The molecular weight excluding hydrogens is 140 g/mol. The number of carbonyl (C=O) groups is 1. The maximum Gasteiger partial charge on any atom is 0.289 e. The van der Waals surface area contributed by atoms with Crippen LogP contribution in [0.4, 0.5) is 0 Å². The summed E-state index contributed by atoms with van der Waals surface area (Å²) in [6.45, 7) is 0. The van der Waals surface area contributed by atoms with E-state index < -0.39 is 5.91 Å². The van der Waals surface area contributed by atoms with Gasteiger partial charge in [-0.05, 0) is 5.84 Å². The van der Waals surface area contributed by atoms with Crippen molar-refractivity contribution in [1.29, 1.82) is 0 Å². The number of aromatic nitrogens is 2. The summed E-state index contributed by atoms with van der Waals surface area (Å²) in [5.41, 5.74) is 1.56. The standard InChI is InChI=1S/C3H2N4OS/c4-6-3(8)2-1-5-9-7-2/h1H,(H,6,8). The summed E-state index contributed by atoms with van der Waals surface area (Å²) in [6.07, 6.45) is 1.27. The molecular formula is C3H2N4OS. The molecule has 0 saturated carbocycles. The van der Waals surface area contributed by atoms with Gasteiger partial charge in [-0.15, -0.1) is 0 Å². The third kappa shape index (κ3) is 1.21. The van der Waals surface area contributed by atoms with Crippen LogP contribution < -0.4 is 11.3 Å². The Morgan fingerprint density at radius 1 is 1.89 bits per heavy atom. The first-order valence-electron chi connectivity index (χ1n) is 2.06. The molecule has 1 N–H and O–H groups in total. The van der Waals surface area contributed by atoms with E-state index in [0.717, 1.165) is 11.7 Å². The van der Waals surface area contributed by atoms with Gasteiger partial charge in [0.2, 0.25) is 0 Å². The van der Waals surface area contributed by atoms with Crippen molar-refractivity contribution >= 4 is 17.6 Å². The molecule has 46 valence electrons. The zero-order valence-corrected chi connectivity index (χ0v) is 5.05. The van der Waals surface area contributed by atoms with Crippen LogP contribution in [0.5, 0.6) is 0 Å². The lowest BCUT2D eigenvalue weighted by Gasteiger charge is -1.85. The molecule has 0 fully saturated rings. The first-order chi connectivity index (χ1) is 4.34. The highest BCUT2D eigenvalue weighted by molar-refractivity contribution is 6.99. The van der Waals surface area contributed by atoms with Gasteiger partial charge >= 0.3 is 0 Å². The van der Waals surface area contributed by atoms with Crippen LogP contribution in [0.2, 0.25) is 0 Å². The Balaban J connectivity index is 2.77. The van der Waals surface area contributed by atoms with E-state index in [9.17, 15) is 4.79 Å². The largest absolute Gasteiger partial charge is 0.289 e. The van der Waals surface area contributed by atoms with Gasteiger partial charge in [0, 0.05) is 0 Å². The average molecular weight is 142 g/mol. The molecule has 6 heteroatoms. The van der Waals surface area contributed by atoms with Gasteiger partial charge in [-0.3, -0.25) is 4.79 Å². The molecule has 0 unspecified atom stereocenters. The van der Waals surface area contributed by atoms with Gasteiger partial charge in [0.05, 0.1) is 17.9 Å². The highest BCUT2D eigenvalue weighted by Crippen LogP contribution is 1.92. The minimum Gasteiger partial charge on any atom is -0.266 e. The fourth-order valence-corrected chi connectivity index (χ4v) is 0.734. The third-order valence-electron chi connectivity index (χ3n) is 0.695. The summed E-state index contributed by atoms with van der Waals surface area (Å²) in [5, 5.41) is 0. The van der Waals surface area contributed by atoms with Crippen LogP contribution in [-0.2, 0) is 0 Å². The summed E-state index contributed by atoms with van der Waals surface area (Å²) < 4.78 is 7.10. The summed E-state index contributed by atoms with van der Waals surface area (Å²) in [7, 11) is 0. The van der Waals surface area contributed by atoms with E-state index in [0.29, 0.717) is 0 Å². The molecule has 1 aromatic rings. The van der Waals surface area contributed by atoms with Crippen molar-refractivity contribution in [2.45, 2.75) is 0 Å². The van der Waals surface area contributed by atoms with E-state index in [2.05, 4.69) is 8.75 Å². The summed E-state index contributed by atoms with van der Waals surface area (Å²) >= 11 is 0.911. The van der Waals surface area contributed by atoms with E-state index in [4.69, 9.17) is 5.84 Å². The van der Waals surface area contributed by atoms with Crippen molar-refractivity contribution in [1.82, 2.24) is 20.0 Å². The SMILES string of the molecule is [N]NC(=O)c1cnsn1. The lowest BCUT2D eigenvalue weighted by Crippen LogP contribution is -2.20. The first kappa shape index (κ1) is 6.12. The highest BCUT2D eigenvalue weighted by atomic mass is 32.1. The van der Waals surface area contributed by atoms with Crippen LogP contribution in [0.1, 0.15) is 10.5 Å². The lowest BCUT2D eigenvalue weighted by molar-refractivity contribution is 0.0946. The molecule has 0 aliphatic heterocycles. The Morgan fingerprint density at radius 2 is 2.67 bits per heavy atom. The molecule has 0 aliphatic rings. The van der Waals surface area contributed by atoms with E-state index in [1.807, 2.05) is 0 Å². The number of rotatable bonds is 1. The van der Waals surface area contributed by atoms with Crippen molar-refractivity contribution in [2.75, 3.05) is 0 Å². The summed E-state index contributed by atoms with van der Waals surface area (Å²) in [5.74, 6) is 7.41. The number of nitrogens with zero attached hydrogens (tertiary/aromatic N) is 3. The third-order valence-corrected chi connectivity index (χ3v) is 1.17. The van der Waals surface area contributed by atoms with E-state index in [-0.39, 0.29) is 5.69 Å². The molecule has 0 aliphatic carbocycles. The number of carbonyl (C=O) groups excluding carboxylic acids is 1. The van der Waals surface area contributed by atoms with Gasteiger partial charge < -0.3 is 0 Å². The van der Waals surface area contributed by atoms with Crippen molar-refractivity contribution in [2.24, 2.45) is 0 Å². The summed E-state index contributed by atoms with van der Waals surface area (Å²) in [6, 6.07) is 0. The zero-order chi connectivity index (χ0) is 6.69. The predicted octanol–water partition coefficient (Wildman–Crippen LogP) is -0.748. The van der Waals surface area contributed by atoms with Crippen molar-refractivity contribution in [3.8, 4) is 0 Å². The van der Waals surface area contributed by atoms with Crippen LogP contribution in [0.15, 0.2) is 6.20 Å². The Labute approximate surface area is 55.2 Å². The monoisotopic (exact) mass is 142 g/mol. The van der Waals surface area contributed by atoms with Crippen molar-refractivity contribution in [3.05, 3.63) is 11.9 Å². The van der Waals surface area contributed by atoms with Crippen LogP contribution in [-0.4, -0.2) is 14.7 Å². The van der Waals surface area contributed by atoms with E-state index in [1.54, 1.807) is 0 Å². The molecule has 2 radical (unpaired) electrons. The van der Waals surface area contributed by atoms with E-state index in [1.165, 1.54) is 11.6 Å². The maximum atomic E-state index is 10.4. The van der Waals surface area contributed by atoms with Crippen molar-refractivity contribution < 1.29 is 4.79 Å². The van der Waals surface area contributed by atoms with Crippen LogP contribution >= 0.6 is 11.7 Å². The first-order valence-corrected chi connectivity index (χ1v) is 2.79. The highest BCUT2D eigenvalue weighted by Gasteiger charge is 2.04. The van der Waals surface area contributed by atoms with Gasteiger partial charge in [-0.25, -0.2) is 5.43 Å². The van der Waals surface area contributed by atoms with E-state index >= 15 is 0 Å². The Bertz CT molecular complexity index is 196. The average Bonchev–Trinajstić information content (AvgIpc) is 2.37. The molecule has 0 aromatic carbocycles. The lowest BCUT2D eigenvalue weighted by atomic mass is 10.5. The number of nitrogens with one attached hydrogen (secondary N) is 1. The topological polar surface area (TPSA) is 77.2 Å². The molecule has 1 aromatic heterocycles. The van der Waals surface area contributed by atoms with Gasteiger partial charge in [-0.2, -0.15) is 8.75 Å².